The molecule has 1 saturated carbocycles. The van der Waals surface area contributed by atoms with E-state index in [2.05, 4.69) is 21.9 Å². The van der Waals surface area contributed by atoms with Crippen LogP contribution in [0.25, 0.3) is 10.2 Å². The monoisotopic (exact) mass is 463 g/mol. The highest BCUT2D eigenvalue weighted by atomic mass is 35.5. The summed E-state index contributed by atoms with van der Waals surface area (Å²) >= 11 is 7.14. The molecule has 1 aromatic heterocycles. The molecule has 2 N–H and O–H groups in total. The van der Waals surface area contributed by atoms with E-state index >= 15 is 0 Å². The maximum absolute atomic E-state index is 13.0. The van der Waals surface area contributed by atoms with Crippen molar-refractivity contribution in [1.82, 2.24) is 10.3 Å². The number of sulfonamides is 1. The van der Waals surface area contributed by atoms with E-state index in [0.29, 0.717) is 28.8 Å². The van der Waals surface area contributed by atoms with E-state index in [-0.39, 0.29) is 4.34 Å². The number of hydrogen-bond donors (Lipinski definition) is 2. The predicted molar refractivity (Wildman–Crippen MR) is 125 cm³/mol. The number of rotatable bonds is 8. The molecule has 4 rings (SSSR count). The maximum atomic E-state index is 13.0. The molecule has 0 aliphatic heterocycles. The minimum absolute atomic E-state index is 0.0390. The molecule has 2 aromatic carbocycles. The van der Waals surface area contributed by atoms with Gasteiger partial charge in [-0.2, -0.15) is 8.42 Å². The minimum atomic E-state index is -3.78. The number of aromatic nitrogens is 1. The molecule has 0 saturated heterocycles. The molecule has 0 amide bonds. The zero-order valence-electron chi connectivity index (χ0n) is 16.9. The summed E-state index contributed by atoms with van der Waals surface area (Å²) in [4.78, 5) is 4.27. The highest BCUT2D eigenvalue weighted by molar-refractivity contribution is 7.94. The van der Waals surface area contributed by atoms with Crippen molar-refractivity contribution in [3.8, 4) is 0 Å². The molecule has 5 nitrogen and oxygen atoms in total. The third-order valence-electron chi connectivity index (χ3n) is 5.62. The third kappa shape index (κ3) is 5.14. The summed E-state index contributed by atoms with van der Waals surface area (Å²) in [5, 5.41) is 4.09. The van der Waals surface area contributed by atoms with Gasteiger partial charge in [-0.15, -0.1) is 11.3 Å². The Bertz CT molecular complexity index is 1120. The van der Waals surface area contributed by atoms with Gasteiger partial charge in [0.25, 0.3) is 10.0 Å². The Balaban J connectivity index is 1.47. The van der Waals surface area contributed by atoms with E-state index in [4.69, 9.17) is 11.6 Å². The zero-order chi connectivity index (χ0) is 21.1. The SMILES string of the molecule is C[C@@H](CC1CCCC1)NCc1ccccc1NS(=O)(=O)c1nc2cc(Cl)ccc2s1. The molecule has 0 radical (unpaired) electrons. The first-order valence-electron chi connectivity index (χ1n) is 10.3. The lowest BCUT2D eigenvalue weighted by atomic mass is 9.99. The number of hydrogen-bond acceptors (Lipinski definition) is 5. The first kappa shape index (κ1) is 21.6. The normalized spacial score (nSPS) is 16.2. The predicted octanol–water partition coefficient (Wildman–Crippen LogP) is 5.81. The molecule has 1 fully saturated rings. The van der Waals surface area contributed by atoms with Crippen molar-refractivity contribution in [2.75, 3.05) is 4.72 Å². The fourth-order valence-corrected chi connectivity index (χ4v) is 6.54. The molecular formula is C22H26ClN3O2S2. The van der Waals surface area contributed by atoms with Crippen molar-refractivity contribution in [2.24, 2.45) is 5.92 Å². The number of anilines is 1. The highest BCUT2D eigenvalue weighted by Crippen LogP contribution is 2.30. The van der Waals surface area contributed by atoms with Gasteiger partial charge in [0.05, 0.1) is 15.9 Å². The molecule has 8 heteroatoms. The minimum Gasteiger partial charge on any atom is -0.310 e. The van der Waals surface area contributed by atoms with Gasteiger partial charge >= 0.3 is 0 Å². The molecule has 0 spiro atoms. The molecule has 160 valence electrons. The van der Waals surface area contributed by atoms with Gasteiger partial charge in [0.2, 0.25) is 4.34 Å². The van der Waals surface area contributed by atoms with Crippen LogP contribution in [-0.4, -0.2) is 19.4 Å². The maximum Gasteiger partial charge on any atom is 0.289 e. The molecule has 1 heterocycles. The standard InChI is InChI=1S/C22H26ClN3O2S2/c1-15(12-16-6-2-3-7-16)24-14-17-8-4-5-9-19(17)26-30(27,28)22-25-20-13-18(23)10-11-21(20)29-22/h4-5,8-11,13,15-16,24,26H,2-3,6-7,12,14H2,1H3/t15-/m0/s1. The van der Waals surface area contributed by atoms with Crippen LogP contribution in [-0.2, 0) is 16.6 Å². The quantitative estimate of drug-likeness (QED) is 0.442. The number of benzene rings is 2. The van der Waals surface area contributed by atoms with Gasteiger partial charge in [0.1, 0.15) is 0 Å². The van der Waals surface area contributed by atoms with Crippen LogP contribution in [0.5, 0.6) is 0 Å². The zero-order valence-corrected chi connectivity index (χ0v) is 19.3. The largest absolute Gasteiger partial charge is 0.310 e. The summed E-state index contributed by atoms with van der Waals surface area (Å²) in [6, 6.07) is 13.1. The highest BCUT2D eigenvalue weighted by Gasteiger charge is 2.22. The molecule has 0 bridgehead atoms. The van der Waals surface area contributed by atoms with E-state index in [1.165, 1.54) is 32.1 Å². The summed E-state index contributed by atoms with van der Waals surface area (Å²) < 4.78 is 29.5. The summed E-state index contributed by atoms with van der Waals surface area (Å²) in [6.45, 7) is 2.82. The van der Waals surface area contributed by atoms with E-state index in [9.17, 15) is 8.42 Å². The van der Waals surface area contributed by atoms with Crippen molar-refractivity contribution < 1.29 is 8.42 Å². The summed E-state index contributed by atoms with van der Waals surface area (Å²) in [5.74, 6) is 0.814. The van der Waals surface area contributed by atoms with Crippen LogP contribution >= 0.6 is 22.9 Å². The lowest BCUT2D eigenvalue weighted by molar-refractivity contribution is 0.404. The van der Waals surface area contributed by atoms with Gasteiger partial charge in [-0.3, -0.25) is 4.72 Å². The molecule has 0 unspecified atom stereocenters. The van der Waals surface area contributed by atoms with Gasteiger partial charge in [-0.25, -0.2) is 4.98 Å². The summed E-state index contributed by atoms with van der Waals surface area (Å²) in [6.07, 6.45) is 6.52. The molecule has 3 aromatic rings. The van der Waals surface area contributed by atoms with Crippen molar-refractivity contribution in [3.05, 3.63) is 53.1 Å². The number of nitrogens with zero attached hydrogens (tertiary/aromatic N) is 1. The Hall–Kier alpha value is -1.67. The molecule has 1 aliphatic carbocycles. The second-order valence-electron chi connectivity index (χ2n) is 8.02. The number of fused-ring (bicyclic) bond motifs is 1. The Morgan fingerprint density at radius 1 is 1.20 bits per heavy atom. The molecule has 1 atom stereocenters. The van der Waals surface area contributed by atoms with Crippen molar-refractivity contribution >= 4 is 48.9 Å². The Kier molecular flexibility index (Phi) is 6.63. The van der Waals surface area contributed by atoms with Crippen LogP contribution in [0.2, 0.25) is 5.02 Å². The second kappa shape index (κ2) is 9.22. The Morgan fingerprint density at radius 2 is 1.97 bits per heavy atom. The van der Waals surface area contributed by atoms with Crippen LogP contribution in [0.15, 0.2) is 46.8 Å². The van der Waals surface area contributed by atoms with Gasteiger partial charge in [0.15, 0.2) is 0 Å². The lowest BCUT2D eigenvalue weighted by Crippen LogP contribution is -2.28. The topological polar surface area (TPSA) is 71.1 Å². The van der Waals surface area contributed by atoms with Crippen molar-refractivity contribution in [2.45, 2.75) is 56.0 Å². The molecule has 1 aliphatic rings. The fourth-order valence-electron chi connectivity index (χ4n) is 4.07. The van der Waals surface area contributed by atoms with Gasteiger partial charge in [-0.05, 0) is 49.1 Å². The lowest BCUT2D eigenvalue weighted by Gasteiger charge is -2.19. The van der Waals surface area contributed by atoms with Crippen LogP contribution < -0.4 is 10.0 Å². The average molecular weight is 464 g/mol. The van der Waals surface area contributed by atoms with Gasteiger partial charge < -0.3 is 5.32 Å². The smallest absolute Gasteiger partial charge is 0.289 e. The third-order valence-corrected chi connectivity index (χ3v) is 8.64. The Morgan fingerprint density at radius 3 is 2.77 bits per heavy atom. The van der Waals surface area contributed by atoms with Gasteiger partial charge in [0, 0.05) is 17.6 Å². The number of nitrogens with one attached hydrogen (secondary N) is 2. The van der Waals surface area contributed by atoms with Crippen LogP contribution in [0.4, 0.5) is 5.69 Å². The average Bonchev–Trinajstić information content (AvgIpc) is 3.36. The summed E-state index contributed by atoms with van der Waals surface area (Å²) in [5.41, 5.74) is 2.09. The first-order chi connectivity index (χ1) is 14.4. The van der Waals surface area contributed by atoms with Crippen molar-refractivity contribution in [3.63, 3.8) is 0 Å². The van der Waals surface area contributed by atoms with E-state index in [1.807, 2.05) is 18.2 Å². The summed E-state index contributed by atoms with van der Waals surface area (Å²) in [7, 11) is -3.78. The van der Waals surface area contributed by atoms with E-state index < -0.39 is 10.0 Å². The van der Waals surface area contributed by atoms with Gasteiger partial charge in [-0.1, -0.05) is 55.5 Å². The van der Waals surface area contributed by atoms with Crippen LogP contribution in [0, 0.1) is 5.92 Å². The molecule has 30 heavy (non-hydrogen) atoms. The first-order valence-corrected chi connectivity index (χ1v) is 13.0. The number of halogens is 1. The second-order valence-corrected chi connectivity index (χ2v) is 11.3. The molecular weight excluding hydrogens is 438 g/mol. The fraction of sp³-hybridized carbons (Fsp3) is 0.409. The van der Waals surface area contributed by atoms with E-state index in [0.717, 1.165) is 27.5 Å². The number of thiazole rings is 1. The Labute approximate surface area is 186 Å². The van der Waals surface area contributed by atoms with Crippen LogP contribution in [0.1, 0.15) is 44.6 Å². The van der Waals surface area contributed by atoms with Crippen molar-refractivity contribution in [1.29, 1.82) is 0 Å². The van der Waals surface area contributed by atoms with E-state index in [1.54, 1.807) is 24.3 Å². The van der Waals surface area contributed by atoms with Crippen LogP contribution in [0.3, 0.4) is 0 Å². The number of para-hydroxylation sites is 1.